The van der Waals surface area contributed by atoms with Crippen molar-refractivity contribution < 1.29 is 4.79 Å². The van der Waals surface area contributed by atoms with Gasteiger partial charge in [0.25, 0.3) is 0 Å². The molecular weight excluding hydrogens is 168 g/mol. The Morgan fingerprint density at radius 2 is 2.38 bits per heavy atom. The maximum absolute atomic E-state index is 10.6. The van der Waals surface area contributed by atoms with Crippen LogP contribution in [0.25, 0.3) is 0 Å². The monoisotopic (exact) mass is 180 g/mol. The lowest BCUT2D eigenvalue weighted by molar-refractivity contribution is 0.241. The summed E-state index contributed by atoms with van der Waals surface area (Å²) in [6, 6.07) is 5.28. The molecular formula is C8H12N4O. The maximum atomic E-state index is 10.6. The van der Waals surface area contributed by atoms with Gasteiger partial charge in [-0.1, -0.05) is 6.07 Å². The van der Waals surface area contributed by atoms with Crippen LogP contribution in [0.5, 0.6) is 0 Å². The Morgan fingerprint density at radius 3 is 3.00 bits per heavy atom. The largest absolute Gasteiger partial charge is 0.337 e. The Bertz CT molecular complexity index is 262. The minimum absolute atomic E-state index is 0.379. The molecule has 0 fully saturated rings. The SMILES string of the molecule is NNC(=O)NCCc1ccccn1. The van der Waals surface area contributed by atoms with Crippen molar-refractivity contribution >= 4 is 6.03 Å². The lowest BCUT2D eigenvalue weighted by atomic mass is 10.3. The quantitative estimate of drug-likeness (QED) is 0.342. The number of hydrazine groups is 1. The number of carbonyl (C=O) groups is 1. The molecule has 0 radical (unpaired) electrons. The number of aromatic nitrogens is 1. The van der Waals surface area contributed by atoms with E-state index in [2.05, 4.69) is 10.3 Å². The van der Waals surface area contributed by atoms with Crippen LogP contribution in [0.2, 0.25) is 0 Å². The van der Waals surface area contributed by atoms with E-state index in [1.807, 2.05) is 23.6 Å². The highest BCUT2D eigenvalue weighted by Crippen LogP contribution is 1.92. The first kappa shape index (κ1) is 9.47. The van der Waals surface area contributed by atoms with E-state index in [1.165, 1.54) is 0 Å². The van der Waals surface area contributed by atoms with Crippen molar-refractivity contribution in [3.05, 3.63) is 30.1 Å². The van der Waals surface area contributed by atoms with Crippen molar-refractivity contribution in [3.63, 3.8) is 0 Å². The van der Waals surface area contributed by atoms with Crippen LogP contribution in [0, 0.1) is 0 Å². The van der Waals surface area contributed by atoms with Gasteiger partial charge in [-0.05, 0) is 12.1 Å². The van der Waals surface area contributed by atoms with Crippen molar-refractivity contribution in [1.29, 1.82) is 0 Å². The molecule has 0 saturated heterocycles. The fourth-order valence-electron chi connectivity index (χ4n) is 0.901. The Kier molecular flexibility index (Phi) is 3.72. The third-order valence-corrected chi connectivity index (χ3v) is 1.52. The van der Waals surface area contributed by atoms with Gasteiger partial charge in [-0.15, -0.1) is 0 Å². The normalized spacial score (nSPS) is 9.31. The molecule has 13 heavy (non-hydrogen) atoms. The van der Waals surface area contributed by atoms with Crippen molar-refractivity contribution in [2.45, 2.75) is 6.42 Å². The van der Waals surface area contributed by atoms with E-state index in [-0.39, 0.29) is 6.03 Å². The molecule has 1 aromatic heterocycles. The van der Waals surface area contributed by atoms with Gasteiger partial charge in [-0.25, -0.2) is 10.6 Å². The van der Waals surface area contributed by atoms with E-state index in [0.29, 0.717) is 13.0 Å². The zero-order valence-electron chi connectivity index (χ0n) is 7.16. The molecule has 0 saturated carbocycles. The summed E-state index contributed by atoms with van der Waals surface area (Å²) in [5.74, 6) is 4.87. The van der Waals surface area contributed by atoms with Crippen molar-refractivity contribution in [2.75, 3.05) is 6.54 Å². The second-order valence-electron chi connectivity index (χ2n) is 2.47. The molecule has 5 nitrogen and oxygen atoms in total. The molecule has 0 aromatic carbocycles. The van der Waals surface area contributed by atoms with E-state index in [4.69, 9.17) is 5.84 Å². The molecule has 5 heteroatoms. The summed E-state index contributed by atoms with van der Waals surface area (Å²) in [6.07, 6.45) is 2.42. The van der Waals surface area contributed by atoms with Gasteiger partial charge in [0, 0.05) is 24.9 Å². The molecule has 4 N–H and O–H groups in total. The predicted octanol–water partition coefficient (Wildman–Crippen LogP) is -0.203. The van der Waals surface area contributed by atoms with E-state index in [1.54, 1.807) is 6.20 Å². The first-order chi connectivity index (χ1) is 6.33. The van der Waals surface area contributed by atoms with Gasteiger partial charge in [0.1, 0.15) is 0 Å². The second-order valence-corrected chi connectivity index (χ2v) is 2.47. The number of urea groups is 1. The standard InChI is InChI=1S/C8H12N4O/c9-12-8(13)11-6-4-7-3-1-2-5-10-7/h1-3,5H,4,6,9H2,(H2,11,12,13). The molecule has 0 atom stereocenters. The van der Waals surface area contributed by atoms with Gasteiger partial charge in [-0.3, -0.25) is 10.4 Å². The molecule has 2 amide bonds. The summed E-state index contributed by atoms with van der Waals surface area (Å²) in [7, 11) is 0. The molecule has 1 rings (SSSR count). The van der Waals surface area contributed by atoms with Gasteiger partial charge in [0.2, 0.25) is 0 Å². The Hall–Kier alpha value is -1.62. The number of nitrogens with two attached hydrogens (primary N) is 1. The number of nitrogens with zero attached hydrogens (tertiary/aromatic N) is 1. The highest BCUT2D eigenvalue weighted by molar-refractivity contribution is 5.72. The van der Waals surface area contributed by atoms with Gasteiger partial charge < -0.3 is 5.32 Å². The van der Waals surface area contributed by atoms with Gasteiger partial charge in [0.15, 0.2) is 0 Å². The van der Waals surface area contributed by atoms with Crippen molar-refractivity contribution in [1.82, 2.24) is 15.7 Å². The number of rotatable bonds is 3. The second kappa shape index (κ2) is 5.10. The van der Waals surface area contributed by atoms with Crippen molar-refractivity contribution in [2.24, 2.45) is 5.84 Å². The lowest BCUT2D eigenvalue weighted by Crippen LogP contribution is -2.40. The summed E-state index contributed by atoms with van der Waals surface area (Å²) in [4.78, 5) is 14.7. The van der Waals surface area contributed by atoms with Crippen molar-refractivity contribution in [3.8, 4) is 0 Å². The summed E-state index contributed by atoms with van der Waals surface area (Å²) < 4.78 is 0. The average Bonchev–Trinajstić information content (AvgIpc) is 2.19. The molecule has 0 unspecified atom stereocenters. The van der Waals surface area contributed by atoms with Gasteiger partial charge in [0.05, 0.1) is 0 Å². The fraction of sp³-hybridized carbons (Fsp3) is 0.250. The molecule has 0 spiro atoms. The van der Waals surface area contributed by atoms with Crippen LogP contribution in [0.1, 0.15) is 5.69 Å². The molecule has 0 aliphatic rings. The minimum Gasteiger partial charge on any atom is -0.337 e. The fourth-order valence-corrected chi connectivity index (χ4v) is 0.901. The predicted molar refractivity (Wildman–Crippen MR) is 48.7 cm³/mol. The highest BCUT2D eigenvalue weighted by atomic mass is 16.2. The molecule has 0 aliphatic heterocycles. The number of hydrogen-bond acceptors (Lipinski definition) is 3. The third-order valence-electron chi connectivity index (χ3n) is 1.52. The third kappa shape index (κ3) is 3.53. The number of nitrogens with one attached hydrogen (secondary N) is 2. The van der Waals surface area contributed by atoms with Crippen LogP contribution in [-0.2, 0) is 6.42 Å². The summed E-state index contributed by atoms with van der Waals surface area (Å²) in [5.41, 5.74) is 2.93. The number of carbonyl (C=O) groups excluding carboxylic acids is 1. The zero-order valence-corrected chi connectivity index (χ0v) is 7.16. The van der Waals surface area contributed by atoms with Crippen LogP contribution in [0.3, 0.4) is 0 Å². The molecule has 0 aliphatic carbocycles. The van der Waals surface area contributed by atoms with E-state index >= 15 is 0 Å². The maximum Gasteiger partial charge on any atom is 0.328 e. The minimum atomic E-state index is -0.379. The average molecular weight is 180 g/mol. The van der Waals surface area contributed by atoms with Crippen LogP contribution in [0.4, 0.5) is 4.79 Å². The van der Waals surface area contributed by atoms with Crippen LogP contribution >= 0.6 is 0 Å². The first-order valence-corrected chi connectivity index (χ1v) is 3.97. The lowest BCUT2D eigenvalue weighted by Gasteiger charge is -2.02. The summed E-state index contributed by atoms with van der Waals surface area (Å²) in [6.45, 7) is 0.528. The Labute approximate surface area is 76.3 Å². The van der Waals surface area contributed by atoms with E-state index in [9.17, 15) is 4.79 Å². The van der Waals surface area contributed by atoms with E-state index < -0.39 is 0 Å². The smallest absolute Gasteiger partial charge is 0.328 e. The molecule has 1 aromatic rings. The zero-order chi connectivity index (χ0) is 9.52. The van der Waals surface area contributed by atoms with Gasteiger partial charge >= 0.3 is 6.03 Å². The highest BCUT2D eigenvalue weighted by Gasteiger charge is 1.96. The summed E-state index contributed by atoms with van der Waals surface area (Å²) in [5, 5.41) is 2.57. The number of pyridine rings is 1. The van der Waals surface area contributed by atoms with Crippen LogP contribution in [-0.4, -0.2) is 17.6 Å². The molecule has 1 heterocycles. The molecule has 70 valence electrons. The van der Waals surface area contributed by atoms with Crippen LogP contribution < -0.4 is 16.6 Å². The topological polar surface area (TPSA) is 80.0 Å². The number of hydrogen-bond donors (Lipinski definition) is 3. The first-order valence-electron chi connectivity index (χ1n) is 3.97. The van der Waals surface area contributed by atoms with Crippen LogP contribution in [0.15, 0.2) is 24.4 Å². The van der Waals surface area contributed by atoms with Gasteiger partial charge in [-0.2, -0.15) is 0 Å². The Balaban J connectivity index is 2.24. The molecule has 0 bridgehead atoms. The van der Waals surface area contributed by atoms with E-state index in [0.717, 1.165) is 5.69 Å². The summed E-state index contributed by atoms with van der Waals surface area (Å²) >= 11 is 0. The number of amides is 2. The Morgan fingerprint density at radius 1 is 1.54 bits per heavy atom.